The van der Waals surface area contributed by atoms with Gasteiger partial charge >= 0.3 is 5.97 Å². The lowest BCUT2D eigenvalue weighted by atomic mass is 10.1. The Labute approximate surface area is 232 Å². The quantitative estimate of drug-likeness (QED) is 0.177. The number of aromatic hydroxyl groups is 1. The molecule has 0 saturated heterocycles. The van der Waals surface area contributed by atoms with Crippen molar-refractivity contribution in [3.63, 3.8) is 0 Å². The second-order valence-corrected chi connectivity index (χ2v) is 9.31. The summed E-state index contributed by atoms with van der Waals surface area (Å²) in [6.45, 7) is 4.08. The third kappa shape index (κ3) is 5.28. The molecule has 2 heterocycles. The van der Waals surface area contributed by atoms with E-state index in [1.165, 1.54) is 0 Å². The van der Waals surface area contributed by atoms with E-state index in [2.05, 4.69) is 20.3 Å². The fraction of sp³-hybridized carbons (Fsp3) is 0.241. The normalized spacial score (nSPS) is 12.0. The van der Waals surface area contributed by atoms with Crippen molar-refractivity contribution >= 4 is 33.9 Å². The van der Waals surface area contributed by atoms with Gasteiger partial charge in [-0.05, 0) is 44.2 Å². The van der Waals surface area contributed by atoms with E-state index < -0.39 is 29.3 Å². The number of amides is 1. The van der Waals surface area contributed by atoms with Crippen LogP contribution in [0.2, 0.25) is 0 Å². The number of phenols is 1. The third-order valence-corrected chi connectivity index (χ3v) is 6.66. The van der Waals surface area contributed by atoms with Gasteiger partial charge < -0.3 is 29.4 Å². The van der Waals surface area contributed by atoms with Gasteiger partial charge in [-0.3, -0.25) is 4.79 Å². The number of aromatic nitrogens is 4. The molecule has 0 aliphatic carbocycles. The summed E-state index contributed by atoms with van der Waals surface area (Å²) < 4.78 is 40.5. The van der Waals surface area contributed by atoms with Crippen molar-refractivity contribution in [3.05, 3.63) is 82.9 Å². The van der Waals surface area contributed by atoms with Crippen LogP contribution in [0.4, 0.5) is 8.78 Å². The Kier molecular flexibility index (Phi) is 7.56. The molecule has 0 spiro atoms. The number of halogens is 2. The average Bonchev–Trinajstić information content (AvgIpc) is 3.56. The molecule has 0 radical (unpaired) electrons. The predicted molar refractivity (Wildman–Crippen MR) is 146 cm³/mol. The van der Waals surface area contributed by atoms with Crippen molar-refractivity contribution in [1.82, 2.24) is 24.8 Å². The number of phenolic OH excluding ortho intramolecular Hbond substituents is 1. The Morgan fingerprint density at radius 3 is 2.71 bits per heavy atom. The number of rotatable bonds is 9. The minimum atomic E-state index is -1.19. The average molecular weight is 564 g/mol. The van der Waals surface area contributed by atoms with Gasteiger partial charge in [0, 0.05) is 18.7 Å². The van der Waals surface area contributed by atoms with E-state index in [-0.39, 0.29) is 36.7 Å². The molecule has 0 saturated carbocycles. The summed E-state index contributed by atoms with van der Waals surface area (Å²) in [5.74, 6) is -2.85. The Balaban J connectivity index is 1.29. The molecule has 1 atom stereocenters. The zero-order valence-electron chi connectivity index (χ0n) is 22.5. The van der Waals surface area contributed by atoms with E-state index in [4.69, 9.17) is 9.47 Å². The molecule has 3 aromatic carbocycles. The van der Waals surface area contributed by atoms with Crippen molar-refractivity contribution in [2.45, 2.75) is 19.8 Å². The molecule has 3 N–H and O–H groups in total. The first-order valence-corrected chi connectivity index (χ1v) is 12.9. The van der Waals surface area contributed by atoms with E-state index in [1.54, 1.807) is 67.9 Å². The van der Waals surface area contributed by atoms with Gasteiger partial charge in [0.25, 0.3) is 5.91 Å². The largest absolute Gasteiger partial charge is 0.506 e. The summed E-state index contributed by atoms with van der Waals surface area (Å²) in [6, 6.07) is 12.5. The number of nitrogens with zero attached hydrogens (tertiary/aromatic N) is 3. The first kappa shape index (κ1) is 27.6. The molecule has 41 heavy (non-hydrogen) atoms. The topological polar surface area (TPSA) is 131 Å². The van der Waals surface area contributed by atoms with Crippen LogP contribution in [0.1, 0.15) is 52.1 Å². The molecule has 2 aromatic heterocycles. The van der Waals surface area contributed by atoms with E-state index in [9.17, 15) is 23.5 Å². The van der Waals surface area contributed by atoms with E-state index >= 15 is 0 Å². The highest BCUT2D eigenvalue weighted by atomic mass is 19.2. The molecular formula is C29H27F2N5O5. The highest BCUT2D eigenvalue weighted by Crippen LogP contribution is 2.32. The van der Waals surface area contributed by atoms with E-state index in [0.29, 0.717) is 45.6 Å². The van der Waals surface area contributed by atoms with Crippen molar-refractivity contribution in [1.29, 1.82) is 0 Å². The van der Waals surface area contributed by atoms with Gasteiger partial charge in [-0.2, -0.15) is 0 Å². The van der Waals surface area contributed by atoms with Gasteiger partial charge in [0.2, 0.25) is 0 Å². The van der Waals surface area contributed by atoms with Crippen molar-refractivity contribution < 1.29 is 33.0 Å². The third-order valence-electron chi connectivity index (χ3n) is 6.66. The number of imidazole rings is 2. The van der Waals surface area contributed by atoms with Gasteiger partial charge in [0.15, 0.2) is 11.6 Å². The van der Waals surface area contributed by atoms with Gasteiger partial charge in [0.1, 0.15) is 46.4 Å². The summed E-state index contributed by atoms with van der Waals surface area (Å²) in [5.41, 5.74) is 1.71. The highest BCUT2D eigenvalue weighted by molar-refractivity contribution is 5.97. The number of aromatic amines is 1. The zero-order chi connectivity index (χ0) is 29.3. The molecule has 1 amide bonds. The number of fused-ring (bicyclic) bond motifs is 2. The number of ether oxygens (including phenoxy) is 2. The molecule has 12 heteroatoms. The molecule has 0 aliphatic rings. The Bertz CT molecular complexity index is 1780. The number of H-pyrrole nitrogens is 1. The maximum absolute atomic E-state index is 14.2. The van der Waals surface area contributed by atoms with Gasteiger partial charge in [-0.25, -0.2) is 23.5 Å². The van der Waals surface area contributed by atoms with Crippen LogP contribution in [0.15, 0.2) is 48.5 Å². The maximum Gasteiger partial charge on any atom is 0.341 e. The number of benzene rings is 3. The second kappa shape index (κ2) is 11.2. The molecule has 1 unspecified atom stereocenters. The van der Waals surface area contributed by atoms with Crippen LogP contribution in [-0.4, -0.2) is 56.3 Å². The molecule has 0 bridgehead atoms. The van der Waals surface area contributed by atoms with Crippen molar-refractivity contribution in [3.8, 4) is 11.5 Å². The van der Waals surface area contributed by atoms with E-state index in [1.807, 2.05) is 0 Å². The smallest absolute Gasteiger partial charge is 0.341 e. The number of nitrogens with one attached hydrogen (secondary N) is 2. The molecule has 5 aromatic rings. The number of esters is 1. The van der Waals surface area contributed by atoms with Crippen molar-refractivity contribution in [2.24, 2.45) is 7.05 Å². The minimum absolute atomic E-state index is 0.00293. The standard InChI is InChI=1S/C29H27F2N5O5/c1-4-40-29(39)17-7-5-6-8-22(17)41-12-11-32-28(38)16-9-10-19-20(13-16)36(3)27(33-19)15(2)26-34-24-21(37)14-18(30)23(31)25(24)35-26/h5-10,13-15,37H,4,11-12H2,1-3H3,(H,32,38)(H,34,35). The molecule has 212 valence electrons. The van der Waals surface area contributed by atoms with Crippen LogP contribution >= 0.6 is 0 Å². The number of carbonyl (C=O) groups excluding carboxylic acids is 2. The molecule has 0 aliphatic heterocycles. The molecule has 10 nitrogen and oxygen atoms in total. The SMILES string of the molecule is CCOC(=O)c1ccccc1OCCNC(=O)c1ccc2nc(C(C)c3nc4c(F)c(F)cc(O)c4[nH]3)n(C)c2c1. The van der Waals surface area contributed by atoms with Crippen LogP contribution in [-0.2, 0) is 11.8 Å². The first-order valence-electron chi connectivity index (χ1n) is 12.9. The molecule has 0 fully saturated rings. The van der Waals surface area contributed by atoms with Gasteiger partial charge in [0.05, 0.1) is 30.1 Å². The summed E-state index contributed by atoms with van der Waals surface area (Å²) in [6.07, 6.45) is 0. The number of carbonyl (C=O) groups is 2. The summed E-state index contributed by atoms with van der Waals surface area (Å²) in [7, 11) is 1.78. The first-order chi connectivity index (χ1) is 19.7. The number of para-hydroxylation sites is 1. The van der Waals surface area contributed by atoms with Crippen LogP contribution in [0.5, 0.6) is 11.5 Å². The summed E-state index contributed by atoms with van der Waals surface area (Å²) in [5, 5.41) is 12.8. The molecule has 5 rings (SSSR count). The minimum Gasteiger partial charge on any atom is -0.506 e. The second-order valence-electron chi connectivity index (χ2n) is 9.31. The lowest BCUT2D eigenvalue weighted by Crippen LogP contribution is -2.28. The van der Waals surface area contributed by atoms with Crippen LogP contribution in [0, 0.1) is 11.6 Å². The predicted octanol–water partition coefficient (Wildman–Crippen LogP) is 4.57. The number of hydrogen-bond donors (Lipinski definition) is 3. The Morgan fingerprint density at radius 2 is 1.93 bits per heavy atom. The lowest BCUT2D eigenvalue weighted by Gasteiger charge is -2.11. The van der Waals surface area contributed by atoms with Crippen LogP contribution in [0.3, 0.4) is 0 Å². The number of aryl methyl sites for hydroxylation is 1. The zero-order valence-corrected chi connectivity index (χ0v) is 22.5. The Morgan fingerprint density at radius 1 is 1.15 bits per heavy atom. The van der Waals surface area contributed by atoms with Gasteiger partial charge in [-0.15, -0.1) is 0 Å². The van der Waals surface area contributed by atoms with Crippen LogP contribution < -0.4 is 10.1 Å². The monoisotopic (exact) mass is 563 g/mol. The van der Waals surface area contributed by atoms with Gasteiger partial charge in [-0.1, -0.05) is 12.1 Å². The summed E-state index contributed by atoms with van der Waals surface area (Å²) in [4.78, 5) is 36.6. The molecular weight excluding hydrogens is 536 g/mol. The fourth-order valence-corrected chi connectivity index (χ4v) is 4.57. The lowest BCUT2D eigenvalue weighted by molar-refractivity contribution is 0.0521. The summed E-state index contributed by atoms with van der Waals surface area (Å²) >= 11 is 0. The maximum atomic E-state index is 14.2. The van der Waals surface area contributed by atoms with Crippen molar-refractivity contribution in [2.75, 3.05) is 19.8 Å². The highest BCUT2D eigenvalue weighted by Gasteiger charge is 2.23. The Hall–Kier alpha value is -5.00. The fourth-order valence-electron chi connectivity index (χ4n) is 4.57. The van der Waals surface area contributed by atoms with E-state index in [0.717, 1.165) is 0 Å². The van der Waals surface area contributed by atoms with Crippen LogP contribution in [0.25, 0.3) is 22.1 Å². The number of hydrogen-bond acceptors (Lipinski definition) is 7.